The minimum atomic E-state index is -0.395. The van der Waals surface area contributed by atoms with E-state index in [0.29, 0.717) is 24.9 Å². The maximum atomic E-state index is 5.99. The van der Waals surface area contributed by atoms with Crippen LogP contribution in [-0.4, -0.2) is 32.9 Å². The highest BCUT2D eigenvalue weighted by molar-refractivity contribution is 7.09. The van der Waals surface area contributed by atoms with Gasteiger partial charge < -0.3 is 15.0 Å². The minimum Gasteiger partial charge on any atom is -0.379 e. The maximum absolute atomic E-state index is 5.99. The summed E-state index contributed by atoms with van der Waals surface area (Å²) >= 11 is 1.25. The lowest BCUT2D eigenvalue weighted by Gasteiger charge is -2.14. The van der Waals surface area contributed by atoms with E-state index in [4.69, 9.17) is 15.0 Å². The highest BCUT2D eigenvalue weighted by Crippen LogP contribution is 2.33. The van der Waals surface area contributed by atoms with Gasteiger partial charge in [0, 0.05) is 12.0 Å². The van der Waals surface area contributed by atoms with Gasteiger partial charge in [0.05, 0.1) is 18.3 Å². The highest BCUT2D eigenvalue weighted by atomic mass is 32.1. The van der Waals surface area contributed by atoms with Gasteiger partial charge in [-0.3, -0.25) is 0 Å². The Morgan fingerprint density at radius 3 is 2.81 bits per heavy atom. The molecule has 0 saturated heterocycles. The molecule has 0 fully saturated rings. The van der Waals surface area contributed by atoms with E-state index in [1.54, 1.807) is 0 Å². The van der Waals surface area contributed by atoms with Gasteiger partial charge in [0.2, 0.25) is 0 Å². The van der Waals surface area contributed by atoms with Gasteiger partial charge in [0.25, 0.3) is 5.89 Å². The molecular formula is C13H21N5O2S. The van der Waals surface area contributed by atoms with Crippen molar-refractivity contribution in [2.75, 3.05) is 13.2 Å². The van der Waals surface area contributed by atoms with Gasteiger partial charge >= 0.3 is 0 Å². The second kappa shape index (κ2) is 6.59. The molecule has 0 aliphatic rings. The molecule has 0 spiro atoms. The summed E-state index contributed by atoms with van der Waals surface area (Å²) in [5.74, 6) is 0.852. The van der Waals surface area contributed by atoms with E-state index in [9.17, 15) is 0 Å². The molecule has 116 valence electrons. The molecule has 2 rings (SSSR count). The quantitative estimate of drug-likeness (QED) is 0.817. The number of nitrogens with zero attached hydrogens (tertiary/aromatic N) is 4. The number of hydrogen-bond donors (Lipinski definition) is 1. The van der Waals surface area contributed by atoms with Gasteiger partial charge in [0.15, 0.2) is 5.82 Å². The van der Waals surface area contributed by atoms with Crippen LogP contribution in [0.2, 0.25) is 0 Å². The Morgan fingerprint density at radius 1 is 1.38 bits per heavy atom. The zero-order chi connectivity index (χ0) is 15.5. The number of nitrogens with two attached hydrogens (primary N) is 1. The average molecular weight is 311 g/mol. The molecule has 8 heteroatoms. The first-order valence-electron chi connectivity index (χ1n) is 6.93. The van der Waals surface area contributed by atoms with Crippen molar-refractivity contribution in [2.24, 2.45) is 5.73 Å². The van der Waals surface area contributed by atoms with E-state index in [2.05, 4.69) is 40.5 Å². The van der Waals surface area contributed by atoms with Crippen LogP contribution in [0.5, 0.6) is 0 Å². The van der Waals surface area contributed by atoms with Crippen molar-refractivity contribution in [2.45, 2.75) is 45.6 Å². The summed E-state index contributed by atoms with van der Waals surface area (Å²) in [5.41, 5.74) is 6.70. The van der Waals surface area contributed by atoms with Gasteiger partial charge in [-0.05, 0) is 18.0 Å². The summed E-state index contributed by atoms with van der Waals surface area (Å²) in [4.78, 5) is 5.15. The largest absolute Gasteiger partial charge is 0.379 e. The zero-order valence-electron chi connectivity index (χ0n) is 12.8. The standard InChI is InChI=1S/C13H21N5O2S/c1-5-6-19-7-8(14)11-15-12(20-17-11)9-10(13(2,3)4)16-18-21-9/h8H,5-7,14H2,1-4H3. The van der Waals surface area contributed by atoms with Crippen LogP contribution < -0.4 is 5.73 Å². The Bertz CT molecular complexity index is 575. The third-order valence-electron chi connectivity index (χ3n) is 2.81. The summed E-state index contributed by atoms with van der Waals surface area (Å²) in [6.07, 6.45) is 0.950. The van der Waals surface area contributed by atoms with Gasteiger partial charge in [-0.15, -0.1) is 5.10 Å². The first-order chi connectivity index (χ1) is 9.93. The molecule has 7 nitrogen and oxygen atoms in total. The van der Waals surface area contributed by atoms with E-state index < -0.39 is 6.04 Å². The molecule has 0 radical (unpaired) electrons. The second-order valence-electron chi connectivity index (χ2n) is 5.84. The normalized spacial score (nSPS) is 13.6. The van der Waals surface area contributed by atoms with Gasteiger partial charge in [-0.1, -0.05) is 37.3 Å². The molecule has 2 aromatic heterocycles. The first-order valence-corrected chi connectivity index (χ1v) is 7.71. The number of hydrogen-bond acceptors (Lipinski definition) is 8. The van der Waals surface area contributed by atoms with Gasteiger partial charge in [-0.2, -0.15) is 4.98 Å². The maximum Gasteiger partial charge on any atom is 0.271 e. The van der Waals surface area contributed by atoms with Crippen molar-refractivity contribution >= 4 is 11.5 Å². The van der Waals surface area contributed by atoms with Crippen molar-refractivity contribution in [3.05, 3.63) is 11.5 Å². The molecule has 0 aliphatic carbocycles. The van der Waals surface area contributed by atoms with Crippen LogP contribution in [0.3, 0.4) is 0 Å². The van der Waals surface area contributed by atoms with E-state index >= 15 is 0 Å². The van der Waals surface area contributed by atoms with E-state index in [1.165, 1.54) is 11.5 Å². The van der Waals surface area contributed by atoms with Crippen LogP contribution in [0.1, 0.15) is 51.7 Å². The molecule has 0 bridgehead atoms. The fraction of sp³-hybridized carbons (Fsp3) is 0.692. The summed E-state index contributed by atoms with van der Waals surface area (Å²) in [5, 5.41) is 8.10. The topological polar surface area (TPSA) is 100.0 Å². The smallest absolute Gasteiger partial charge is 0.271 e. The Kier molecular flexibility index (Phi) is 5.02. The van der Waals surface area contributed by atoms with Gasteiger partial charge in [-0.25, -0.2) is 0 Å². The molecule has 0 saturated carbocycles. The molecule has 2 aromatic rings. The van der Waals surface area contributed by atoms with Crippen LogP contribution in [0.15, 0.2) is 4.52 Å². The van der Waals surface area contributed by atoms with E-state index in [0.717, 1.165) is 17.0 Å². The second-order valence-corrected chi connectivity index (χ2v) is 6.59. The number of rotatable bonds is 6. The van der Waals surface area contributed by atoms with Crippen LogP contribution in [-0.2, 0) is 10.2 Å². The Balaban J connectivity index is 2.15. The lowest BCUT2D eigenvalue weighted by atomic mass is 9.91. The summed E-state index contributed by atoms with van der Waals surface area (Å²) in [6.45, 7) is 9.28. The number of aromatic nitrogens is 4. The van der Waals surface area contributed by atoms with Crippen molar-refractivity contribution in [3.8, 4) is 10.8 Å². The Labute approximate surface area is 128 Å². The molecule has 2 heterocycles. The predicted octanol–water partition coefficient (Wildman–Crippen LogP) is 2.31. The lowest BCUT2D eigenvalue weighted by Crippen LogP contribution is -2.18. The molecule has 2 N–H and O–H groups in total. The fourth-order valence-corrected chi connectivity index (χ4v) is 2.53. The lowest BCUT2D eigenvalue weighted by molar-refractivity contribution is 0.119. The van der Waals surface area contributed by atoms with Crippen LogP contribution in [0, 0.1) is 0 Å². The zero-order valence-corrected chi connectivity index (χ0v) is 13.6. The third-order valence-corrected chi connectivity index (χ3v) is 3.53. The number of ether oxygens (including phenoxy) is 1. The Morgan fingerprint density at radius 2 is 2.14 bits per heavy atom. The molecular weight excluding hydrogens is 290 g/mol. The van der Waals surface area contributed by atoms with E-state index in [-0.39, 0.29) is 5.41 Å². The SMILES string of the molecule is CCCOCC(N)c1noc(-c2snnc2C(C)(C)C)n1. The summed E-state index contributed by atoms with van der Waals surface area (Å²) < 4.78 is 14.7. The van der Waals surface area contributed by atoms with Crippen LogP contribution in [0.25, 0.3) is 10.8 Å². The molecule has 0 aliphatic heterocycles. The molecule has 21 heavy (non-hydrogen) atoms. The Hall–Kier alpha value is -1.38. The van der Waals surface area contributed by atoms with Crippen LogP contribution >= 0.6 is 11.5 Å². The monoisotopic (exact) mass is 311 g/mol. The highest BCUT2D eigenvalue weighted by Gasteiger charge is 2.27. The molecule has 0 amide bonds. The predicted molar refractivity (Wildman–Crippen MR) is 79.9 cm³/mol. The van der Waals surface area contributed by atoms with Crippen molar-refractivity contribution in [3.63, 3.8) is 0 Å². The fourth-order valence-electron chi connectivity index (χ4n) is 1.73. The summed E-state index contributed by atoms with van der Waals surface area (Å²) in [7, 11) is 0. The van der Waals surface area contributed by atoms with Crippen LogP contribution in [0.4, 0.5) is 0 Å². The molecule has 1 atom stereocenters. The summed E-state index contributed by atoms with van der Waals surface area (Å²) in [6, 6.07) is -0.395. The first kappa shape index (κ1) is 16.0. The van der Waals surface area contributed by atoms with Gasteiger partial charge in [0.1, 0.15) is 4.88 Å². The third kappa shape index (κ3) is 3.84. The molecule has 0 aromatic carbocycles. The minimum absolute atomic E-state index is 0.136. The van der Waals surface area contributed by atoms with Crippen molar-refractivity contribution < 1.29 is 9.26 Å². The molecule has 1 unspecified atom stereocenters. The van der Waals surface area contributed by atoms with Crippen molar-refractivity contribution in [1.29, 1.82) is 0 Å². The van der Waals surface area contributed by atoms with Crippen molar-refractivity contribution in [1.82, 2.24) is 19.7 Å². The van der Waals surface area contributed by atoms with E-state index in [1.807, 2.05) is 6.92 Å². The average Bonchev–Trinajstić information content (AvgIpc) is 3.06.